The second kappa shape index (κ2) is 16.7. The maximum atomic E-state index is 12.6. The van der Waals surface area contributed by atoms with E-state index in [-0.39, 0.29) is 63.5 Å². The fourth-order valence-corrected chi connectivity index (χ4v) is 5.10. The molecule has 0 aliphatic carbocycles. The molecule has 279 valence electrons. The van der Waals surface area contributed by atoms with Crippen molar-refractivity contribution >= 4 is 44.1 Å². The maximum absolute atomic E-state index is 12.6. The van der Waals surface area contributed by atoms with Gasteiger partial charge in [-0.1, -0.05) is 35.8 Å². The molecule has 2 heterocycles. The molecule has 0 fully saturated rings. The van der Waals surface area contributed by atoms with Crippen LogP contribution in [-0.4, -0.2) is 37.8 Å². The Morgan fingerprint density at radius 3 is 1.49 bits per heavy atom. The van der Waals surface area contributed by atoms with Gasteiger partial charge in [0.2, 0.25) is 10.0 Å². The van der Waals surface area contributed by atoms with E-state index in [0.29, 0.717) is 11.4 Å². The van der Waals surface area contributed by atoms with Gasteiger partial charge in [0.05, 0.1) is 48.9 Å². The molecular weight excluding hydrogens is 782 g/mol. The smallest absolute Gasteiger partial charge is 0.871 e. The number of nitrogens with zero attached hydrogens (tertiary/aromatic N) is 10. The van der Waals surface area contributed by atoms with Gasteiger partial charge in [0.15, 0.2) is 0 Å². The Morgan fingerprint density at radius 1 is 0.636 bits per heavy atom. The van der Waals surface area contributed by atoms with E-state index in [1.807, 2.05) is 6.07 Å². The summed E-state index contributed by atoms with van der Waals surface area (Å²) < 4.78 is 25.1. The van der Waals surface area contributed by atoms with Gasteiger partial charge < -0.3 is 20.4 Å². The minimum Gasteiger partial charge on any atom is -0.871 e. The minimum atomic E-state index is -3.98. The number of azo groups is 2. The molecule has 0 bridgehead atoms. The van der Waals surface area contributed by atoms with Gasteiger partial charge >= 0.3 is 18.8 Å². The number of sulfonamides is 1. The van der Waals surface area contributed by atoms with Gasteiger partial charge in [-0.05, 0) is 56.3 Å². The second-order valence-electron chi connectivity index (χ2n) is 10.9. The first-order valence-corrected chi connectivity index (χ1v) is 16.6. The Bertz CT molecular complexity index is 2580. The Hall–Kier alpha value is -7.06. The average Bonchev–Trinajstić information content (AvgIpc) is 3.59. The first kappa shape index (κ1) is 40.7. The van der Waals surface area contributed by atoms with E-state index in [4.69, 9.17) is 5.14 Å². The summed E-state index contributed by atoms with van der Waals surface area (Å²) in [6.45, 7) is 3.08. The van der Waals surface area contributed by atoms with E-state index in [1.54, 1.807) is 31.2 Å². The predicted octanol–water partition coefficient (Wildman–Crippen LogP) is 4.06. The SMILES string of the molecule is Cc1nn(-c2cccc(S(N)(=O)=O)c2)c([O-])c1N=Nc1ccc([N+](=O)[O-])cc1[O-].Cc1nn(-c2ccccc2)c([O-])c1N=Nc1ccc([N+](=O)[O-])cc1[O-].[Cr+3].[H+]. The van der Waals surface area contributed by atoms with Crippen molar-refractivity contribution in [2.75, 3.05) is 0 Å². The number of nitrogens with two attached hydrogens (primary N) is 1. The Balaban J connectivity index is 0.000000293. The van der Waals surface area contributed by atoms with Crippen LogP contribution < -0.4 is 25.6 Å². The van der Waals surface area contributed by atoms with Crippen molar-refractivity contribution in [3.05, 3.63) is 123 Å². The van der Waals surface area contributed by atoms with Gasteiger partial charge in [0.25, 0.3) is 11.4 Å². The molecule has 0 saturated heterocycles. The fourth-order valence-electron chi connectivity index (χ4n) is 4.54. The third kappa shape index (κ3) is 9.31. The van der Waals surface area contributed by atoms with Gasteiger partial charge in [0, 0.05) is 36.0 Å². The zero-order valence-corrected chi connectivity index (χ0v) is 30.2. The van der Waals surface area contributed by atoms with Crippen molar-refractivity contribution in [3.63, 3.8) is 0 Å². The largest absolute Gasteiger partial charge is 3.00 e. The summed E-state index contributed by atoms with van der Waals surface area (Å²) in [4.78, 5) is 19.7. The van der Waals surface area contributed by atoms with Crippen LogP contribution in [0.4, 0.5) is 34.1 Å². The number of para-hydroxylation sites is 1. The van der Waals surface area contributed by atoms with Crippen molar-refractivity contribution in [2.24, 2.45) is 25.6 Å². The first-order chi connectivity index (χ1) is 25.5. The Kier molecular flexibility index (Phi) is 12.4. The first-order valence-electron chi connectivity index (χ1n) is 15.0. The molecule has 6 aromatic rings. The van der Waals surface area contributed by atoms with Crippen molar-refractivity contribution in [2.45, 2.75) is 18.7 Å². The van der Waals surface area contributed by atoms with Crippen LogP contribution in [-0.2, 0) is 27.4 Å². The zero-order valence-electron chi connectivity index (χ0n) is 29.1. The molecule has 0 unspecified atom stereocenters. The summed E-state index contributed by atoms with van der Waals surface area (Å²) in [5.74, 6) is -2.56. The standard InChI is InChI=1S/C16H14N6O6S.C16H13N5O4.Cr/c1-9-15(19-18-13-6-5-11(22(25)26)8-14(13)23)16(24)21(20-9)10-3-2-4-12(7-10)29(17,27)28;1-10-15(16(23)20(19-10)11-5-3-2-4-6-11)18-17-13-8-7-12(21(24)25)9-14(13)22;/h2-8,23-24H,1H3,(H2,17,27,28);2-9,22-23H,1H3;/q;;+3/p-3. The van der Waals surface area contributed by atoms with E-state index >= 15 is 0 Å². The van der Waals surface area contributed by atoms with E-state index in [1.165, 1.54) is 41.9 Å². The van der Waals surface area contributed by atoms with Crippen molar-refractivity contribution in [1.29, 1.82) is 0 Å². The third-order valence-corrected chi connectivity index (χ3v) is 8.10. The zero-order chi connectivity index (χ0) is 39.3. The van der Waals surface area contributed by atoms with E-state index in [2.05, 4.69) is 30.7 Å². The molecule has 0 aliphatic rings. The molecule has 21 nitrogen and oxygen atoms in total. The minimum absolute atomic E-state index is 0. The summed E-state index contributed by atoms with van der Waals surface area (Å²) in [7, 11) is -3.98. The molecule has 2 aromatic heterocycles. The molecule has 0 saturated carbocycles. The molecule has 1 radical (unpaired) electrons. The number of nitro benzene ring substituents is 2. The van der Waals surface area contributed by atoms with Crippen LogP contribution in [0.15, 0.2) is 116 Å². The van der Waals surface area contributed by atoms with E-state index in [0.717, 1.165) is 35.0 Å². The average molecular weight is 807 g/mol. The summed E-state index contributed by atoms with van der Waals surface area (Å²) in [6, 6.07) is 20.3. The van der Waals surface area contributed by atoms with Crippen LogP contribution in [0.1, 0.15) is 12.8 Å². The molecule has 55 heavy (non-hydrogen) atoms. The number of non-ortho nitro benzene ring substituents is 2. The van der Waals surface area contributed by atoms with Gasteiger partial charge in [-0.25, -0.2) is 22.9 Å². The Labute approximate surface area is 322 Å². The normalized spacial score (nSPS) is 11.3. The number of nitro groups is 2. The molecule has 0 amide bonds. The van der Waals surface area contributed by atoms with Crippen molar-refractivity contribution in [1.82, 2.24) is 19.6 Å². The van der Waals surface area contributed by atoms with Gasteiger partial charge in [-0.3, -0.25) is 20.2 Å². The van der Waals surface area contributed by atoms with Crippen LogP contribution in [0.25, 0.3) is 11.4 Å². The van der Waals surface area contributed by atoms with Gasteiger partial charge in [0.1, 0.15) is 11.4 Å². The predicted molar refractivity (Wildman–Crippen MR) is 181 cm³/mol. The van der Waals surface area contributed by atoms with Gasteiger partial charge in [-0.15, -0.1) is 10.2 Å². The molecule has 4 aromatic carbocycles. The molecule has 2 N–H and O–H groups in total. The van der Waals surface area contributed by atoms with Crippen LogP contribution in [0.2, 0.25) is 0 Å². The maximum Gasteiger partial charge on any atom is 3.00 e. The number of primary sulfonamides is 1. The molecular formula is C32H24CrN11O10S. The third-order valence-electron chi connectivity index (χ3n) is 7.19. The summed E-state index contributed by atoms with van der Waals surface area (Å²) in [5.41, 5.74) is 0.0586. The number of rotatable bonds is 9. The summed E-state index contributed by atoms with van der Waals surface area (Å²) in [6.07, 6.45) is 0. The van der Waals surface area contributed by atoms with Crippen LogP contribution >= 0.6 is 0 Å². The van der Waals surface area contributed by atoms with Gasteiger partial charge in [-0.2, -0.15) is 20.4 Å². The fraction of sp³-hybridized carbons (Fsp3) is 0.0625. The number of aryl methyl sites for hydroxylation is 2. The summed E-state index contributed by atoms with van der Waals surface area (Å²) in [5, 5.41) is 98.2. The van der Waals surface area contributed by atoms with Crippen LogP contribution in [0.5, 0.6) is 23.3 Å². The van der Waals surface area contributed by atoms with Crippen LogP contribution in [0.3, 0.4) is 0 Å². The number of benzene rings is 4. The Morgan fingerprint density at radius 2 is 1.07 bits per heavy atom. The number of aromatic nitrogens is 4. The molecule has 0 aliphatic heterocycles. The quantitative estimate of drug-likeness (QED) is 0.123. The molecule has 23 heteroatoms. The topological polar surface area (TPSA) is 324 Å². The van der Waals surface area contributed by atoms with E-state index in [9.17, 15) is 49.1 Å². The monoisotopic (exact) mass is 806 g/mol. The van der Waals surface area contributed by atoms with Crippen LogP contribution in [0, 0.1) is 34.1 Å². The number of hydrogen-bond donors (Lipinski definition) is 1. The molecule has 0 atom stereocenters. The molecule has 6 rings (SSSR count). The molecule has 0 spiro atoms. The van der Waals surface area contributed by atoms with Crippen molar-refractivity contribution < 1.29 is 57.5 Å². The van der Waals surface area contributed by atoms with E-state index < -0.39 is 48.8 Å². The number of hydrogen-bond acceptors (Lipinski definition) is 16. The van der Waals surface area contributed by atoms with Crippen molar-refractivity contribution in [3.8, 4) is 34.6 Å². The summed E-state index contributed by atoms with van der Waals surface area (Å²) >= 11 is 0. The second-order valence-corrected chi connectivity index (χ2v) is 12.5.